The Bertz CT molecular complexity index is 1390. The summed E-state index contributed by atoms with van der Waals surface area (Å²) in [5.41, 5.74) is 9.39. The summed E-state index contributed by atoms with van der Waals surface area (Å²) in [5.74, 6) is 0.427. The van der Waals surface area contributed by atoms with Crippen LogP contribution in [0.5, 0.6) is 0 Å². The smallest absolute Gasteiger partial charge is 0.263 e. The lowest BCUT2D eigenvalue weighted by Gasteiger charge is -2.19. The van der Waals surface area contributed by atoms with Crippen LogP contribution in [-0.4, -0.2) is 32.0 Å². The molecule has 0 saturated heterocycles. The molecule has 4 rings (SSSR count). The Morgan fingerprint density at radius 3 is 2.62 bits per heavy atom. The molecule has 8 heteroatoms. The molecule has 0 saturated carbocycles. The van der Waals surface area contributed by atoms with E-state index in [0.29, 0.717) is 11.2 Å². The van der Waals surface area contributed by atoms with Gasteiger partial charge in [0.15, 0.2) is 0 Å². The van der Waals surface area contributed by atoms with E-state index in [9.17, 15) is 9.90 Å². The summed E-state index contributed by atoms with van der Waals surface area (Å²) in [7, 11) is 0. The molecule has 8 nitrogen and oxygen atoms in total. The Morgan fingerprint density at radius 1 is 1.12 bits per heavy atom. The van der Waals surface area contributed by atoms with Crippen molar-refractivity contribution in [3.8, 4) is 5.69 Å². The minimum Gasteiger partial charge on any atom is -0.390 e. The van der Waals surface area contributed by atoms with E-state index >= 15 is 0 Å². The summed E-state index contributed by atoms with van der Waals surface area (Å²) in [6.07, 6.45) is 1.30. The number of nitrogens with two attached hydrogens (primary N) is 1. The number of benzene rings is 2. The molecule has 0 aliphatic heterocycles. The number of aliphatic hydroxyl groups excluding tert-OH is 1. The van der Waals surface area contributed by atoms with E-state index < -0.39 is 6.61 Å². The van der Waals surface area contributed by atoms with Crippen molar-refractivity contribution in [3.63, 3.8) is 0 Å². The van der Waals surface area contributed by atoms with E-state index in [4.69, 9.17) is 11.1 Å². The number of nitrogens with zero attached hydrogens (tertiary/aromatic N) is 3. The minimum absolute atomic E-state index is 0.0870. The number of pyridine rings is 1. The highest BCUT2D eigenvalue weighted by Gasteiger charge is 2.17. The molecule has 0 bridgehead atoms. The first-order chi connectivity index (χ1) is 15.4. The number of fused-ring (bicyclic) bond motifs is 1. The average Bonchev–Trinajstić information content (AvgIpc) is 2.78. The number of aryl methyl sites for hydroxylation is 2. The number of aromatic nitrogens is 3. The first-order valence-corrected chi connectivity index (χ1v) is 10.2. The zero-order valence-corrected chi connectivity index (χ0v) is 17.9. The van der Waals surface area contributed by atoms with Crippen LogP contribution >= 0.6 is 0 Å². The van der Waals surface area contributed by atoms with Gasteiger partial charge >= 0.3 is 0 Å². The molecule has 0 fully saturated rings. The van der Waals surface area contributed by atoms with Crippen molar-refractivity contribution in [2.24, 2.45) is 0 Å². The van der Waals surface area contributed by atoms with Crippen LogP contribution in [0.25, 0.3) is 16.5 Å². The Hall–Kier alpha value is -4.04. The van der Waals surface area contributed by atoms with Crippen molar-refractivity contribution in [3.05, 3.63) is 87.6 Å². The zero-order chi connectivity index (χ0) is 22.8. The highest BCUT2D eigenvalue weighted by molar-refractivity contribution is 6.06. The van der Waals surface area contributed by atoms with Crippen LogP contribution in [0.15, 0.2) is 59.7 Å². The van der Waals surface area contributed by atoms with E-state index in [2.05, 4.69) is 15.3 Å². The third-order valence-electron chi connectivity index (χ3n) is 5.46. The lowest BCUT2D eigenvalue weighted by atomic mass is 10.1. The van der Waals surface area contributed by atoms with Crippen molar-refractivity contribution < 1.29 is 5.11 Å². The fraction of sp³-hybridized carbons (Fsp3) is 0.167. The monoisotopic (exact) mass is 428 g/mol. The molecule has 0 radical (unpaired) electrons. The van der Waals surface area contributed by atoms with Crippen molar-refractivity contribution in [2.75, 3.05) is 17.7 Å². The van der Waals surface area contributed by atoms with E-state index in [-0.39, 0.29) is 29.2 Å². The Balaban J connectivity index is 1.88. The second-order valence-corrected chi connectivity index (χ2v) is 7.57. The van der Waals surface area contributed by atoms with E-state index in [1.54, 1.807) is 4.57 Å². The number of nitrogen functional groups attached to an aromatic ring is 1. The summed E-state index contributed by atoms with van der Waals surface area (Å²) in [6, 6.07) is 15.5. The van der Waals surface area contributed by atoms with Gasteiger partial charge in [0.05, 0.1) is 35.5 Å². The predicted molar refractivity (Wildman–Crippen MR) is 127 cm³/mol. The topological polar surface area (TPSA) is 130 Å². The van der Waals surface area contributed by atoms with Gasteiger partial charge in [-0.1, -0.05) is 36.4 Å². The summed E-state index contributed by atoms with van der Waals surface area (Å²) < 4.78 is 1.71. The molecule has 2 aromatic carbocycles. The van der Waals surface area contributed by atoms with Gasteiger partial charge in [-0.2, -0.15) is 0 Å². The van der Waals surface area contributed by atoms with Gasteiger partial charge in [-0.15, -0.1) is 0 Å². The highest BCUT2D eigenvalue weighted by Crippen LogP contribution is 2.23. The first-order valence-electron chi connectivity index (χ1n) is 10.2. The van der Waals surface area contributed by atoms with Gasteiger partial charge < -0.3 is 21.6 Å². The van der Waals surface area contributed by atoms with Crippen LogP contribution in [-0.2, 0) is 6.54 Å². The lowest BCUT2D eigenvalue weighted by Crippen LogP contribution is -2.25. The molecule has 2 heterocycles. The van der Waals surface area contributed by atoms with E-state index in [0.717, 1.165) is 27.9 Å². The summed E-state index contributed by atoms with van der Waals surface area (Å²) in [4.78, 5) is 21.8. The molecule has 162 valence electrons. The SMILES string of the molecule is Cc1ccccc1-n1c(CNc2ncnc(N)c2C(=N)CO)cc2cccc(C)c2c1=O. The van der Waals surface area contributed by atoms with E-state index in [1.165, 1.54) is 6.33 Å². The number of hydrogen-bond donors (Lipinski definition) is 4. The van der Waals surface area contributed by atoms with Crippen molar-refractivity contribution in [2.45, 2.75) is 20.4 Å². The summed E-state index contributed by atoms with van der Waals surface area (Å²) >= 11 is 0. The number of anilines is 2. The molecule has 5 N–H and O–H groups in total. The Morgan fingerprint density at radius 2 is 1.88 bits per heavy atom. The summed E-state index contributed by atoms with van der Waals surface area (Å²) in [5, 5.41) is 22.1. The molecule has 0 amide bonds. The quantitative estimate of drug-likeness (QED) is 0.349. The fourth-order valence-corrected chi connectivity index (χ4v) is 3.88. The zero-order valence-electron chi connectivity index (χ0n) is 17.9. The Labute approximate surface area is 184 Å². The maximum Gasteiger partial charge on any atom is 0.263 e. The molecule has 0 aliphatic carbocycles. The maximum atomic E-state index is 13.6. The third-order valence-corrected chi connectivity index (χ3v) is 5.46. The number of para-hydroxylation sites is 1. The molecule has 0 aliphatic rings. The lowest BCUT2D eigenvalue weighted by molar-refractivity contribution is 0.357. The first kappa shape index (κ1) is 21.2. The average molecular weight is 428 g/mol. The van der Waals surface area contributed by atoms with Gasteiger partial charge in [0.25, 0.3) is 5.56 Å². The van der Waals surface area contributed by atoms with Crippen LogP contribution in [0.4, 0.5) is 11.6 Å². The summed E-state index contributed by atoms with van der Waals surface area (Å²) in [6.45, 7) is 3.65. The third kappa shape index (κ3) is 3.72. The predicted octanol–water partition coefficient (Wildman–Crippen LogP) is 2.95. The van der Waals surface area contributed by atoms with Crippen LogP contribution in [0.1, 0.15) is 22.4 Å². The van der Waals surface area contributed by atoms with Gasteiger partial charge in [-0.05, 0) is 42.5 Å². The second kappa shape index (κ2) is 8.60. The molecule has 0 atom stereocenters. The normalized spacial score (nSPS) is 11.0. The van der Waals surface area contributed by atoms with Crippen LogP contribution in [0.3, 0.4) is 0 Å². The van der Waals surface area contributed by atoms with Crippen LogP contribution < -0.4 is 16.6 Å². The van der Waals surface area contributed by atoms with E-state index in [1.807, 2.05) is 62.4 Å². The second-order valence-electron chi connectivity index (χ2n) is 7.57. The number of nitrogens with one attached hydrogen (secondary N) is 2. The van der Waals surface area contributed by atoms with Gasteiger partial charge in [0.2, 0.25) is 0 Å². The van der Waals surface area contributed by atoms with Crippen molar-refractivity contribution >= 4 is 28.1 Å². The number of hydrogen-bond acceptors (Lipinski definition) is 7. The molecule has 32 heavy (non-hydrogen) atoms. The molecular weight excluding hydrogens is 404 g/mol. The number of rotatable bonds is 6. The molecular formula is C24H24N6O2. The Kier molecular flexibility index (Phi) is 5.70. The minimum atomic E-state index is -0.491. The number of aliphatic hydroxyl groups is 1. The molecule has 4 aromatic rings. The fourth-order valence-electron chi connectivity index (χ4n) is 3.88. The van der Waals surface area contributed by atoms with Gasteiger partial charge in [0, 0.05) is 5.69 Å². The van der Waals surface area contributed by atoms with Crippen molar-refractivity contribution in [1.82, 2.24) is 14.5 Å². The molecule has 0 unspecified atom stereocenters. The molecule has 2 aromatic heterocycles. The molecule has 0 spiro atoms. The van der Waals surface area contributed by atoms with Gasteiger partial charge in [-0.3, -0.25) is 9.36 Å². The van der Waals surface area contributed by atoms with Gasteiger partial charge in [-0.25, -0.2) is 9.97 Å². The standard InChI is InChI=1S/C24H24N6O2/c1-14-6-3-4-9-19(14)30-17(10-16-8-5-7-15(2)20(16)24(30)32)11-27-23-21(18(25)12-31)22(26)28-13-29-23/h3-10,13,25,31H,11-12H2,1-2H3,(H3,26,27,28,29). The maximum absolute atomic E-state index is 13.6. The largest absolute Gasteiger partial charge is 0.390 e. The van der Waals surface area contributed by atoms with Crippen molar-refractivity contribution in [1.29, 1.82) is 5.41 Å². The van der Waals surface area contributed by atoms with Crippen LogP contribution in [0.2, 0.25) is 0 Å². The highest BCUT2D eigenvalue weighted by atomic mass is 16.3. The van der Waals surface area contributed by atoms with Gasteiger partial charge in [0.1, 0.15) is 18.0 Å². The van der Waals surface area contributed by atoms with Crippen LogP contribution in [0, 0.1) is 19.3 Å².